The summed E-state index contributed by atoms with van der Waals surface area (Å²) in [5.41, 5.74) is 4.65. The van der Waals surface area contributed by atoms with Crippen LogP contribution >= 0.6 is 0 Å². The fraction of sp³-hybridized carbons (Fsp3) is 0.333. The number of aromatic amines is 1. The first-order chi connectivity index (χ1) is 26.9. The van der Waals surface area contributed by atoms with E-state index in [4.69, 9.17) is 9.47 Å². The number of hydrogen-bond acceptors (Lipinski definition) is 6. The van der Waals surface area contributed by atoms with Crippen molar-refractivity contribution < 1.29 is 28.7 Å². The van der Waals surface area contributed by atoms with E-state index in [0.29, 0.717) is 19.3 Å². The van der Waals surface area contributed by atoms with E-state index >= 15 is 0 Å². The van der Waals surface area contributed by atoms with Gasteiger partial charge >= 0.3 is 12.1 Å². The van der Waals surface area contributed by atoms with Gasteiger partial charge in [0.15, 0.2) is 0 Å². The van der Waals surface area contributed by atoms with E-state index in [0.717, 1.165) is 53.3 Å². The van der Waals surface area contributed by atoms with Crippen LogP contribution in [-0.2, 0) is 49.9 Å². The molecule has 0 saturated heterocycles. The maximum Gasteiger partial charge on any atom is 0.408 e. The minimum atomic E-state index is -1.04. The lowest BCUT2D eigenvalue weighted by Crippen LogP contribution is -2.55. The zero-order chi connectivity index (χ0) is 38.7. The van der Waals surface area contributed by atoms with Gasteiger partial charge in [-0.05, 0) is 54.0 Å². The fourth-order valence-electron chi connectivity index (χ4n) is 6.48. The molecule has 0 aliphatic carbocycles. The number of alkyl carbamates (subject to hydrolysis) is 1. The lowest BCUT2D eigenvalue weighted by Gasteiger charge is -2.25. The Bertz CT molecular complexity index is 1930. The highest BCUT2D eigenvalue weighted by Crippen LogP contribution is 2.20. The molecule has 1 heterocycles. The van der Waals surface area contributed by atoms with Crippen molar-refractivity contribution in [3.63, 3.8) is 0 Å². The molecule has 0 radical (unpaired) electrons. The summed E-state index contributed by atoms with van der Waals surface area (Å²) >= 11 is 0. The number of aromatic nitrogens is 1. The lowest BCUT2D eigenvalue weighted by molar-refractivity contribution is -0.145. The van der Waals surface area contributed by atoms with E-state index in [9.17, 15) is 19.2 Å². The molecule has 3 amide bonds. The molecule has 0 aliphatic heterocycles. The second-order valence-corrected chi connectivity index (χ2v) is 13.8. The molecular formula is C45H52N4O6. The number of ether oxygens (including phenoxy) is 2. The highest BCUT2D eigenvalue weighted by molar-refractivity contribution is 5.92. The van der Waals surface area contributed by atoms with Crippen molar-refractivity contribution in [1.82, 2.24) is 20.9 Å². The zero-order valence-corrected chi connectivity index (χ0v) is 31.5. The minimum Gasteiger partial charge on any atom is -0.461 e. The Labute approximate surface area is 323 Å². The molecule has 4 N–H and O–H groups in total. The molecule has 0 fully saturated rings. The van der Waals surface area contributed by atoms with Gasteiger partial charge in [-0.2, -0.15) is 0 Å². The number of fused-ring (bicyclic) bond motifs is 1. The summed E-state index contributed by atoms with van der Waals surface area (Å²) in [6.07, 6.45) is 6.20. The summed E-state index contributed by atoms with van der Waals surface area (Å²) in [5.74, 6) is -1.31. The largest absolute Gasteiger partial charge is 0.461 e. The van der Waals surface area contributed by atoms with Crippen LogP contribution in [0.5, 0.6) is 0 Å². The third-order valence-corrected chi connectivity index (χ3v) is 9.51. The molecule has 0 unspecified atom stereocenters. The summed E-state index contributed by atoms with van der Waals surface area (Å²) in [4.78, 5) is 57.5. The fourth-order valence-corrected chi connectivity index (χ4v) is 6.48. The van der Waals surface area contributed by atoms with Gasteiger partial charge in [0, 0.05) is 29.6 Å². The molecule has 4 aromatic carbocycles. The number of carbonyl (C=O) groups excluding carboxylic acids is 4. The molecule has 288 valence electrons. The zero-order valence-electron chi connectivity index (χ0n) is 31.5. The van der Waals surface area contributed by atoms with E-state index in [2.05, 4.69) is 33.1 Å². The molecule has 0 bridgehead atoms. The molecule has 55 heavy (non-hydrogen) atoms. The molecule has 1 aromatic heterocycles. The number of esters is 1. The normalized spacial score (nSPS) is 12.6. The third-order valence-electron chi connectivity index (χ3n) is 9.51. The van der Waals surface area contributed by atoms with Crippen molar-refractivity contribution in [2.45, 2.75) is 96.1 Å². The maximum absolute atomic E-state index is 14.1. The number of carbonyl (C=O) groups is 4. The third kappa shape index (κ3) is 13.5. The van der Waals surface area contributed by atoms with E-state index in [1.807, 2.05) is 116 Å². The summed E-state index contributed by atoms with van der Waals surface area (Å²) in [5, 5.41) is 9.69. The number of hydrogen-bond donors (Lipinski definition) is 4. The van der Waals surface area contributed by atoms with Gasteiger partial charge in [-0.1, -0.05) is 135 Å². The van der Waals surface area contributed by atoms with Gasteiger partial charge in [-0.15, -0.1) is 0 Å². The number of H-pyrrole nitrogens is 1. The van der Waals surface area contributed by atoms with E-state index in [-0.39, 0.29) is 32.0 Å². The Kier molecular flexibility index (Phi) is 15.9. The molecule has 5 rings (SSSR count). The van der Waals surface area contributed by atoms with Crippen molar-refractivity contribution in [1.29, 1.82) is 0 Å². The molecule has 0 aliphatic rings. The number of para-hydroxylation sites is 1. The lowest BCUT2D eigenvalue weighted by atomic mass is 10.0. The van der Waals surface area contributed by atoms with Gasteiger partial charge in [0.05, 0.1) is 6.42 Å². The summed E-state index contributed by atoms with van der Waals surface area (Å²) < 4.78 is 11.1. The van der Waals surface area contributed by atoms with Crippen LogP contribution in [0, 0.1) is 0 Å². The SMILES string of the molecule is CCCC[C@H](NC(=O)[C@@H](Cc1c[nH]c2ccccc12)NC(=O)OCc1ccccc1)C(=O)N[C@@H](CCCCc1ccccc1)CC(=O)OCc1ccccc1. The molecule has 3 atom stereocenters. The average Bonchev–Trinajstić information content (AvgIpc) is 3.62. The molecular weight excluding hydrogens is 693 g/mol. The van der Waals surface area contributed by atoms with Gasteiger partial charge in [0.1, 0.15) is 25.3 Å². The van der Waals surface area contributed by atoms with E-state index in [1.165, 1.54) is 5.56 Å². The van der Waals surface area contributed by atoms with Crippen molar-refractivity contribution in [3.05, 3.63) is 144 Å². The summed E-state index contributed by atoms with van der Waals surface area (Å²) in [7, 11) is 0. The Morgan fingerprint density at radius 1 is 0.618 bits per heavy atom. The summed E-state index contributed by atoms with van der Waals surface area (Å²) in [6, 6.07) is 34.2. The van der Waals surface area contributed by atoms with Crippen molar-refractivity contribution in [2.24, 2.45) is 0 Å². The van der Waals surface area contributed by atoms with Crippen LogP contribution in [-0.4, -0.2) is 47.0 Å². The van der Waals surface area contributed by atoms with Crippen molar-refractivity contribution in [3.8, 4) is 0 Å². The van der Waals surface area contributed by atoms with E-state index in [1.54, 1.807) is 0 Å². The van der Waals surface area contributed by atoms with Gasteiger partial charge in [0.25, 0.3) is 0 Å². The molecule has 5 aromatic rings. The minimum absolute atomic E-state index is 0.00362. The number of rotatable bonds is 21. The second kappa shape index (κ2) is 21.7. The molecule has 0 spiro atoms. The Morgan fingerprint density at radius 2 is 1.22 bits per heavy atom. The first-order valence-electron chi connectivity index (χ1n) is 19.2. The van der Waals surface area contributed by atoms with Gasteiger partial charge < -0.3 is 30.4 Å². The highest BCUT2D eigenvalue weighted by Gasteiger charge is 2.29. The smallest absolute Gasteiger partial charge is 0.408 e. The monoisotopic (exact) mass is 744 g/mol. The summed E-state index contributed by atoms with van der Waals surface area (Å²) in [6.45, 7) is 2.19. The number of amides is 3. The molecule has 0 saturated carbocycles. The number of nitrogens with one attached hydrogen (secondary N) is 4. The van der Waals surface area contributed by atoms with Crippen LogP contribution in [0.15, 0.2) is 121 Å². The number of benzene rings is 4. The van der Waals surface area contributed by atoms with Crippen molar-refractivity contribution >= 4 is 34.8 Å². The Morgan fingerprint density at radius 3 is 1.89 bits per heavy atom. The van der Waals surface area contributed by atoms with Crippen LogP contribution < -0.4 is 16.0 Å². The Balaban J connectivity index is 1.27. The van der Waals surface area contributed by atoms with Crippen LogP contribution in [0.3, 0.4) is 0 Å². The molecule has 10 nitrogen and oxygen atoms in total. The quantitative estimate of drug-likeness (QED) is 0.0449. The molecule has 10 heteroatoms. The van der Waals surface area contributed by atoms with Gasteiger partial charge in [0.2, 0.25) is 11.8 Å². The Hall–Kier alpha value is -5.90. The predicted molar refractivity (Wildman–Crippen MR) is 214 cm³/mol. The number of aryl methyl sites for hydroxylation is 1. The van der Waals surface area contributed by atoms with Gasteiger partial charge in [-0.25, -0.2) is 4.79 Å². The first kappa shape index (κ1) is 40.3. The van der Waals surface area contributed by atoms with Crippen LogP contribution in [0.1, 0.15) is 74.1 Å². The number of unbranched alkanes of at least 4 members (excludes halogenated alkanes) is 2. The van der Waals surface area contributed by atoms with Crippen LogP contribution in [0.4, 0.5) is 4.79 Å². The van der Waals surface area contributed by atoms with Crippen molar-refractivity contribution in [2.75, 3.05) is 0 Å². The average molecular weight is 745 g/mol. The second-order valence-electron chi connectivity index (χ2n) is 13.8. The predicted octanol–water partition coefficient (Wildman–Crippen LogP) is 7.71. The maximum atomic E-state index is 14.1. The van der Waals surface area contributed by atoms with Gasteiger partial charge in [-0.3, -0.25) is 14.4 Å². The van der Waals surface area contributed by atoms with Crippen LogP contribution in [0.2, 0.25) is 0 Å². The topological polar surface area (TPSA) is 139 Å². The van der Waals surface area contributed by atoms with Crippen LogP contribution in [0.25, 0.3) is 10.9 Å². The highest BCUT2D eigenvalue weighted by atomic mass is 16.5. The first-order valence-corrected chi connectivity index (χ1v) is 19.2. The standard InChI is InChI=1S/C45H52N4O6/c1-2-3-26-40(43(51)47-37(24-14-13-19-33-17-7-4-8-18-33)29-42(50)54-31-34-20-9-5-10-21-34)48-44(52)41(28-36-30-46-39-27-16-15-25-38(36)39)49-45(53)55-32-35-22-11-6-12-23-35/h4-12,15-18,20-23,25,27,30,37,40-41,46H,2-3,13-14,19,24,26,28-29,31-32H2,1H3,(H,47,51)(H,48,52)(H,49,53)/t37-,40-,41+/m0/s1. The van der Waals surface area contributed by atoms with E-state index < -0.39 is 36.1 Å².